The summed E-state index contributed by atoms with van der Waals surface area (Å²) >= 11 is 1.71. The number of hydrogen-bond acceptors (Lipinski definition) is 3. The Bertz CT molecular complexity index is 544. The van der Waals surface area contributed by atoms with Gasteiger partial charge in [-0.25, -0.2) is 4.98 Å². The van der Waals surface area contributed by atoms with Gasteiger partial charge in [0, 0.05) is 17.1 Å². The number of nitrogens with zero attached hydrogens (tertiary/aromatic N) is 1. The minimum absolute atomic E-state index is 0.591. The van der Waals surface area contributed by atoms with Crippen LogP contribution in [0.15, 0.2) is 40.3 Å². The molecule has 0 unspecified atom stereocenters. The van der Waals surface area contributed by atoms with E-state index < -0.39 is 0 Å². The van der Waals surface area contributed by atoms with Crippen LogP contribution in [0.2, 0.25) is 0 Å². The lowest BCUT2D eigenvalue weighted by Gasteiger charge is -2.08. The smallest absolute Gasteiger partial charge is 0.101 e. The van der Waals surface area contributed by atoms with E-state index in [0.717, 1.165) is 10.7 Å². The summed E-state index contributed by atoms with van der Waals surface area (Å²) in [6, 6.07) is 10.6. The molecule has 1 aromatic carbocycles. The van der Waals surface area contributed by atoms with E-state index in [-0.39, 0.29) is 0 Å². The molecule has 94 valence electrons. The van der Waals surface area contributed by atoms with Crippen molar-refractivity contribution in [3.63, 3.8) is 0 Å². The second-order valence-corrected chi connectivity index (χ2v) is 5.59. The fraction of sp³-hybridized carbons (Fsp3) is 0.267. The van der Waals surface area contributed by atoms with Gasteiger partial charge in [-0.3, -0.25) is 0 Å². The van der Waals surface area contributed by atoms with Crippen molar-refractivity contribution in [2.75, 3.05) is 0 Å². The maximum atomic E-state index is 5.64. The number of aromatic nitrogens is 1. The first kappa shape index (κ1) is 13.1. The summed E-state index contributed by atoms with van der Waals surface area (Å²) in [4.78, 5) is 5.79. The lowest BCUT2D eigenvalue weighted by atomic mass is 10.1. The van der Waals surface area contributed by atoms with Gasteiger partial charge in [0.25, 0.3) is 0 Å². The summed E-state index contributed by atoms with van der Waals surface area (Å²) in [5.74, 6) is 0. The summed E-state index contributed by atoms with van der Waals surface area (Å²) in [6.07, 6.45) is 0. The molecule has 0 bridgehead atoms. The van der Waals surface area contributed by atoms with Crippen molar-refractivity contribution in [2.45, 2.75) is 37.2 Å². The van der Waals surface area contributed by atoms with E-state index >= 15 is 0 Å². The number of hydrogen-bond donors (Lipinski definition) is 1. The maximum absolute atomic E-state index is 5.64. The minimum Gasteiger partial charge on any atom is -0.326 e. The van der Waals surface area contributed by atoms with Crippen molar-refractivity contribution in [1.82, 2.24) is 4.98 Å². The molecule has 0 spiro atoms. The largest absolute Gasteiger partial charge is 0.326 e. The van der Waals surface area contributed by atoms with Crippen LogP contribution in [-0.2, 0) is 6.54 Å². The second-order valence-electron chi connectivity index (χ2n) is 4.53. The van der Waals surface area contributed by atoms with Gasteiger partial charge in [-0.1, -0.05) is 23.9 Å². The molecule has 0 amide bonds. The first-order valence-electron chi connectivity index (χ1n) is 6.01. The molecule has 2 aromatic rings. The molecule has 2 rings (SSSR count). The number of rotatable bonds is 3. The fourth-order valence-corrected chi connectivity index (χ4v) is 2.94. The van der Waals surface area contributed by atoms with E-state index in [1.807, 2.05) is 6.92 Å². The zero-order valence-corrected chi connectivity index (χ0v) is 11.8. The highest BCUT2D eigenvalue weighted by Gasteiger charge is 2.04. The SMILES string of the molecule is Cc1cc(C)nc(Sc2ccc(CN)cc2C)c1. The molecule has 0 aliphatic heterocycles. The van der Waals surface area contributed by atoms with Crippen molar-refractivity contribution < 1.29 is 0 Å². The predicted molar refractivity (Wildman–Crippen MR) is 76.9 cm³/mol. The Morgan fingerprint density at radius 3 is 2.50 bits per heavy atom. The molecule has 0 aliphatic rings. The van der Waals surface area contributed by atoms with Crippen molar-refractivity contribution in [3.05, 3.63) is 52.7 Å². The van der Waals surface area contributed by atoms with Gasteiger partial charge in [-0.05, 0) is 55.7 Å². The molecule has 0 saturated heterocycles. The summed E-state index contributed by atoms with van der Waals surface area (Å²) in [7, 11) is 0. The van der Waals surface area contributed by atoms with Crippen molar-refractivity contribution in [3.8, 4) is 0 Å². The molecule has 3 heteroatoms. The van der Waals surface area contributed by atoms with Crippen LogP contribution in [0.3, 0.4) is 0 Å². The van der Waals surface area contributed by atoms with Gasteiger partial charge in [0.15, 0.2) is 0 Å². The van der Waals surface area contributed by atoms with Gasteiger partial charge >= 0.3 is 0 Å². The molecule has 0 saturated carbocycles. The van der Waals surface area contributed by atoms with Crippen LogP contribution in [0.4, 0.5) is 0 Å². The van der Waals surface area contributed by atoms with E-state index in [1.54, 1.807) is 11.8 Å². The van der Waals surface area contributed by atoms with Gasteiger partial charge < -0.3 is 5.73 Å². The molecular formula is C15H18N2S. The average molecular weight is 258 g/mol. The first-order valence-corrected chi connectivity index (χ1v) is 6.83. The molecule has 0 radical (unpaired) electrons. The Hall–Kier alpha value is -1.32. The second kappa shape index (κ2) is 5.55. The van der Waals surface area contributed by atoms with Crippen LogP contribution in [0.5, 0.6) is 0 Å². The van der Waals surface area contributed by atoms with Crippen LogP contribution >= 0.6 is 11.8 Å². The van der Waals surface area contributed by atoms with Crippen LogP contribution < -0.4 is 5.73 Å². The van der Waals surface area contributed by atoms with Gasteiger partial charge in [-0.15, -0.1) is 0 Å². The normalized spacial score (nSPS) is 10.7. The third-order valence-electron chi connectivity index (χ3n) is 2.76. The Morgan fingerprint density at radius 1 is 1.11 bits per heavy atom. The zero-order chi connectivity index (χ0) is 13.1. The summed E-state index contributed by atoms with van der Waals surface area (Å²) in [6.45, 7) is 6.84. The maximum Gasteiger partial charge on any atom is 0.101 e. The van der Waals surface area contributed by atoms with Crippen molar-refractivity contribution in [1.29, 1.82) is 0 Å². The molecule has 18 heavy (non-hydrogen) atoms. The molecule has 1 aromatic heterocycles. The van der Waals surface area contributed by atoms with Gasteiger partial charge in [0.1, 0.15) is 5.03 Å². The summed E-state index contributed by atoms with van der Waals surface area (Å²) in [5.41, 5.74) is 10.4. The summed E-state index contributed by atoms with van der Waals surface area (Å²) < 4.78 is 0. The van der Waals surface area contributed by atoms with E-state index in [1.165, 1.54) is 21.6 Å². The topological polar surface area (TPSA) is 38.9 Å². The van der Waals surface area contributed by atoms with E-state index in [2.05, 4.69) is 49.2 Å². The molecule has 0 fully saturated rings. The summed E-state index contributed by atoms with van der Waals surface area (Å²) in [5, 5.41) is 1.05. The van der Waals surface area contributed by atoms with Gasteiger partial charge in [0.05, 0.1) is 0 Å². The lowest BCUT2D eigenvalue weighted by molar-refractivity contribution is 1.04. The van der Waals surface area contributed by atoms with Crippen LogP contribution in [0.25, 0.3) is 0 Å². The lowest BCUT2D eigenvalue weighted by Crippen LogP contribution is -1.96. The highest BCUT2D eigenvalue weighted by atomic mass is 32.2. The Morgan fingerprint density at radius 2 is 1.89 bits per heavy atom. The number of benzene rings is 1. The molecule has 1 heterocycles. The van der Waals surface area contributed by atoms with Gasteiger partial charge in [-0.2, -0.15) is 0 Å². The predicted octanol–water partition coefficient (Wildman–Crippen LogP) is 3.62. The van der Waals surface area contributed by atoms with Crippen molar-refractivity contribution in [2.24, 2.45) is 5.73 Å². The number of nitrogens with two attached hydrogens (primary N) is 1. The van der Waals surface area contributed by atoms with E-state index in [9.17, 15) is 0 Å². The third-order valence-corrected chi connectivity index (χ3v) is 3.86. The quantitative estimate of drug-likeness (QED) is 0.914. The zero-order valence-electron chi connectivity index (χ0n) is 11.0. The van der Waals surface area contributed by atoms with Crippen LogP contribution in [-0.4, -0.2) is 4.98 Å². The monoisotopic (exact) mass is 258 g/mol. The van der Waals surface area contributed by atoms with E-state index in [4.69, 9.17) is 5.73 Å². The number of aryl methyl sites for hydroxylation is 3. The molecule has 2 nitrogen and oxygen atoms in total. The Balaban J connectivity index is 2.28. The van der Waals surface area contributed by atoms with Crippen LogP contribution in [0.1, 0.15) is 22.4 Å². The van der Waals surface area contributed by atoms with Crippen molar-refractivity contribution >= 4 is 11.8 Å². The number of pyridine rings is 1. The molecule has 2 N–H and O–H groups in total. The molecule has 0 aliphatic carbocycles. The third kappa shape index (κ3) is 3.12. The molecular weight excluding hydrogens is 240 g/mol. The fourth-order valence-electron chi connectivity index (χ4n) is 1.92. The minimum atomic E-state index is 0.591. The van der Waals surface area contributed by atoms with Crippen LogP contribution in [0, 0.1) is 20.8 Å². The van der Waals surface area contributed by atoms with E-state index in [0.29, 0.717) is 6.54 Å². The Labute approximate surface area is 113 Å². The Kier molecular flexibility index (Phi) is 4.04. The first-order chi connectivity index (χ1) is 8.58. The standard InChI is InChI=1S/C15H18N2S/c1-10-6-12(3)17-15(7-10)18-14-5-4-13(9-16)8-11(14)2/h4-8H,9,16H2,1-3H3. The highest BCUT2D eigenvalue weighted by Crippen LogP contribution is 2.30. The molecule has 0 atom stereocenters. The van der Waals surface area contributed by atoms with Gasteiger partial charge in [0.2, 0.25) is 0 Å². The average Bonchev–Trinajstić information content (AvgIpc) is 2.30. The highest BCUT2D eigenvalue weighted by molar-refractivity contribution is 7.99.